The van der Waals surface area contributed by atoms with Crippen LogP contribution in [0.4, 0.5) is 11.4 Å². The average molecular weight is 389 g/mol. The molecule has 0 atom stereocenters. The molecule has 2 aromatic carbocycles. The average Bonchev–Trinajstić information content (AvgIpc) is 2.93. The van der Waals surface area contributed by atoms with Gasteiger partial charge in [0.05, 0.1) is 15.5 Å². The van der Waals surface area contributed by atoms with Crippen molar-refractivity contribution in [1.82, 2.24) is 0 Å². The fourth-order valence-corrected chi connectivity index (χ4v) is 3.38. The number of nitro benzene ring substituents is 1. The van der Waals surface area contributed by atoms with Gasteiger partial charge in [0, 0.05) is 19.2 Å². The van der Waals surface area contributed by atoms with Gasteiger partial charge >= 0.3 is 5.97 Å². The van der Waals surface area contributed by atoms with Crippen molar-refractivity contribution >= 4 is 28.9 Å². The molecule has 7 heteroatoms. The van der Waals surface area contributed by atoms with Crippen LogP contribution in [0.2, 0.25) is 5.02 Å². The first-order chi connectivity index (χ1) is 13.0. The summed E-state index contributed by atoms with van der Waals surface area (Å²) >= 11 is 6.06. The van der Waals surface area contributed by atoms with E-state index in [2.05, 4.69) is 0 Å². The van der Waals surface area contributed by atoms with Crippen LogP contribution in [0.3, 0.4) is 0 Å². The van der Waals surface area contributed by atoms with Crippen LogP contribution in [0.15, 0.2) is 36.4 Å². The Morgan fingerprint density at radius 1 is 1.11 bits per heavy atom. The van der Waals surface area contributed by atoms with E-state index in [0.717, 1.165) is 44.3 Å². The lowest BCUT2D eigenvalue weighted by atomic mass is 10.1. The van der Waals surface area contributed by atoms with E-state index in [0.29, 0.717) is 10.7 Å². The molecule has 27 heavy (non-hydrogen) atoms. The zero-order valence-electron chi connectivity index (χ0n) is 15.1. The topological polar surface area (TPSA) is 72.7 Å². The molecular formula is C20H21ClN2O4. The number of carbonyl (C=O) groups is 1. The summed E-state index contributed by atoms with van der Waals surface area (Å²) in [5.74, 6) is -0.436. The minimum absolute atomic E-state index is 0.0818. The van der Waals surface area contributed by atoms with E-state index in [-0.39, 0.29) is 17.0 Å². The Balaban J connectivity index is 1.87. The predicted octanol–water partition coefficient (Wildman–Crippen LogP) is 5.16. The summed E-state index contributed by atoms with van der Waals surface area (Å²) in [5.41, 5.74) is 1.48. The second kappa shape index (κ2) is 8.39. The summed E-state index contributed by atoms with van der Waals surface area (Å²) in [6.07, 6.45) is 4.28. The van der Waals surface area contributed by atoms with Gasteiger partial charge in [-0.2, -0.15) is 0 Å². The molecule has 142 valence electrons. The highest BCUT2D eigenvalue weighted by Crippen LogP contribution is 2.32. The molecule has 0 N–H and O–H groups in total. The van der Waals surface area contributed by atoms with Gasteiger partial charge < -0.3 is 9.64 Å². The first kappa shape index (κ1) is 19.2. The molecular weight excluding hydrogens is 368 g/mol. The Bertz CT molecular complexity index is 861. The lowest BCUT2D eigenvalue weighted by Crippen LogP contribution is -2.25. The third kappa shape index (κ3) is 4.57. The lowest BCUT2D eigenvalue weighted by Gasteiger charge is -2.22. The summed E-state index contributed by atoms with van der Waals surface area (Å²) in [4.78, 5) is 25.6. The summed E-state index contributed by atoms with van der Waals surface area (Å²) in [6, 6.07) is 9.59. The van der Waals surface area contributed by atoms with Gasteiger partial charge in [0.1, 0.15) is 11.4 Å². The normalized spacial score (nSPS) is 14.5. The van der Waals surface area contributed by atoms with Crippen LogP contribution in [-0.2, 0) is 0 Å². The standard InChI is InChI=1S/C20H21ClN2O4/c1-14-6-8-16(21)19(12-14)27-20(24)15-7-9-17(18(13-15)23(25)26)22-10-4-2-3-5-11-22/h6-9,12-13H,2-5,10-11H2,1H3. The highest BCUT2D eigenvalue weighted by molar-refractivity contribution is 6.32. The number of nitro groups is 1. The largest absolute Gasteiger partial charge is 0.421 e. The second-order valence-corrected chi connectivity index (χ2v) is 7.09. The van der Waals surface area contributed by atoms with Crippen LogP contribution in [-0.4, -0.2) is 24.0 Å². The molecule has 0 bridgehead atoms. The molecule has 1 aliphatic rings. The van der Waals surface area contributed by atoms with Crippen molar-refractivity contribution in [2.75, 3.05) is 18.0 Å². The number of anilines is 1. The molecule has 1 aliphatic heterocycles. The van der Waals surface area contributed by atoms with Crippen molar-refractivity contribution in [3.05, 3.63) is 62.7 Å². The van der Waals surface area contributed by atoms with E-state index in [9.17, 15) is 14.9 Å². The highest BCUT2D eigenvalue weighted by atomic mass is 35.5. The SMILES string of the molecule is Cc1ccc(Cl)c(OC(=O)c2ccc(N3CCCCCC3)c([N+](=O)[O-])c2)c1. The smallest absolute Gasteiger partial charge is 0.343 e. The minimum Gasteiger partial charge on any atom is -0.421 e. The number of halogens is 1. The molecule has 6 nitrogen and oxygen atoms in total. The highest BCUT2D eigenvalue weighted by Gasteiger charge is 2.23. The fourth-order valence-electron chi connectivity index (χ4n) is 3.22. The number of aryl methyl sites for hydroxylation is 1. The molecule has 1 heterocycles. The summed E-state index contributed by atoms with van der Waals surface area (Å²) in [5, 5.41) is 11.9. The van der Waals surface area contributed by atoms with Crippen LogP contribution >= 0.6 is 11.6 Å². The van der Waals surface area contributed by atoms with Crippen molar-refractivity contribution < 1.29 is 14.5 Å². The van der Waals surface area contributed by atoms with Gasteiger partial charge in [-0.15, -0.1) is 0 Å². The van der Waals surface area contributed by atoms with Crippen LogP contribution in [0.25, 0.3) is 0 Å². The number of esters is 1. The molecule has 2 aromatic rings. The Morgan fingerprint density at radius 2 is 1.81 bits per heavy atom. The van der Waals surface area contributed by atoms with Crippen molar-refractivity contribution in [2.45, 2.75) is 32.6 Å². The van der Waals surface area contributed by atoms with Gasteiger partial charge in [0.15, 0.2) is 0 Å². The van der Waals surface area contributed by atoms with E-state index in [1.54, 1.807) is 30.3 Å². The van der Waals surface area contributed by atoms with Gasteiger partial charge in [0.25, 0.3) is 5.69 Å². The van der Waals surface area contributed by atoms with E-state index in [4.69, 9.17) is 16.3 Å². The molecule has 3 rings (SSSR count). The number of ether oxygens (including phenoxy) is 1. The third-order valence-corrected chi connectivity index (χ3v) is 4.96. The quantitative estimate of drug-likeness (QED) is 0.313. The van der Waals surface area contributed by atoms with E-state index in [1.807, 2.05) is 11.8 Å². The number of benzene rings is 2. The zero-order valence-corrected chi connectivity index (χ0v) is 15.9. The molecule has 1 fully saturated rings. The van der Waals surface area contributed by atoms with Gasteiger partial charge in [-0.05, 0) is 49.6 Å². The zero-order chi connectivity index (χ0) is 19.4. The molecule has 0 aliphatic carbocycles. The maximum Gasteiger partial charge on any atom is 0.343 e. The Kier molecular flexibility index (Phi) is 5.96. The van der Waals surface area contributed by atoms with Crippen molar-refractivity contribution in [1.29, 1.82) is 0 Å². The van der Waals surface area contributed by atoms with Crippen molar-refractivity contribution in [2.24, 2.45) is 0 Å². The number of nitrogens with zero attached hydrogens (tertiary/aromatic N) is 2. The minimum atomic E-state index is -0.673. The summed E-state index contributed by atoms with van der Waals surface area (Å²) in [6.45, 7) is 3.42. The van der Waals surface area contributed by atoms with Crippen LogP contribution < -0.4 is 9.64 Å². The molecule has 0 radical (unpaired) electrons. The molecule has 0 unspecified atom stereocenters. The number of carbonyl (C=O) groups excluding carboxylic acids is 1. The Labute approximate surface area is 162 Å². The molecule has 0 amide bonds. The molecule has 0 spiro atoms. The Morgan fingerprint density at radius 3 is 2.48 bits per heavy atom. The van der Waals surface area contributed by atoms with Gasteiger partial charge in [-0.3, -0.25) is 10.1 Å². The van der Waals surface area contributed by atoms with Crippen molar-refractivity contribution in [3.63, 3.8) is 0 Å². The molecule has 1 saturated heterocycles. The third-order valence-electron chi connectivity index (χ3n) is 4.64. The monoisotopic (exact) mass is 388 g/mol. The predicted molar refractivity (Wildman–Crippen MR) is 105 cm³/mol. The number of rotatable bonds is 4. The summed E-state index contributed by atoms with van der Waals surface area (Å²) < 4.78 is 5.35. The molecule has 0 saturated carbocycles. The lowest BCUT2D eigenvalue weighted by molar-refractivity contribution is -0.384. The Hall–Kier alpha value is -2.60. The van der Waals surface area contributed by atoms with E-state index < -0.39 is 10.9 Å². The number of hydrogen-bond acceptors (Lipinski definition) is 5. The van der Waals surface area contributed by atoms with Crippen LogP contribution in [0, 0.1) is 17.0 Å². The van der Waals surface area contributed by atoms with E-state index >= 15 is 0 Å². The number of hydrogen-bond donors (Lipinski definition) is 0. The van der Waals surface area contributed by atoms with Gasteiger partial charge in [0.2, 0.25) is 0 Å². The molecule has 0 aromatic heterocycles. The van der Waals surface area contributed by atoms with Crippen molar-refractivity contribution in [3.8, 4) is 5.75 Å². The first-order valence-corrected chi connectivity index (χ1v) is 9.35. The second-order valence-electron chi connectivity index (χ2n) is 6.69. The van der Waals surface area contributed by atoms with Gasteiger partial charge in [-0.1, -0.05) is 30.5 Å². The maximum atomic E-state index is 12.5. The van der Waals surface area contributed by atoms with Crippen LogP contribution in [0.1, 0.15) is 41.6 Å². The van der Waals surface area contributed by atoms with E-state index in [1.165, 1.54) is 6.07 Å². The maximum absolute atomic E-state index is 12.5. The van der Waals surface area contributed by atoms with Gasteiger partial charge in [-0.25, -0.2) is 4.79 Å². The first-order valence-electron chi connectivity index (χ1n) is 8.97. The van der Waals surface area contributed by atoms with Crippen LogP contribution in [0.5, 0.6) is 5.75 Å². The summed E-state index contributed by atoms with van der Waals surface area (Å²) in [7, 11) is 0. The fraction of sp³-hybridized carbons (Fsp3) is 0.350.